The molecule has 2 amide bonds. The molecule has 2 N–H and O–H groups in total. The molecule has 248 valence electrons. The number of aromatic nitrogens is 2. The molecule has 1 aromatic carbocycles. The monoisotopic (exact) mass is 643 g/mol. The lowest BCUT2D eigenvalue weighted by atomic mass is 9.78. The van der Waals surface area contributed by atoms with Gasteiger partial charge in [-0.15, -0.1) is 0 Å². The number of hydrogen-bond acceptors (Lipinski definition) is 5. The predicted octanol–water partition coefficient (Wildman–Crippen LogP) is 5.31. The van der Waals surface area contributed by atoms with Crippen LogP contribution in [0.3, 0.4) is 0 Å². The van der Waals surface area contributed by atoms with Crippen molar-refractivity contribution >= 4 is 11.8 Å². The highest BCUT2D eigenvalue weighted by molar-refractivity contribution is 6.00. The fraction of sp³-hybridized carbons (Fsp3) is 0.645. The highest BCUT2D eigenvalue weighted by Gasteiger charge is 2.56. The van der Waals surface area contributed by atoms with Crippen LogP contribution in [0.1, 0.15) is 81.7 Å². The van der Waals surface area contributed by atoms with Gasteiger partial charge in [0.1, 0.15) is 11.6 Å². The number of hydrogen-bond donors (Lipinski definition) is 2. The van der Waals surface area contributed by atoms with Crippen molar-refractivity contribution < 1.29 is 41.0 Å². The quantitative estimate of drug-likeness (QED) is 0.381. The summed E-state index contributed by atoms with van der Waals surface area (Å²) in [4.78, 5) is 30.5. The van der Waals surface area contributed by atoms with Gasteiger partial charge in [0.15, 0.2) is 11.4 Å². The summed E-state index contributed by atoms with van der Waals surface area (Å²) in [5.74, 6) is -0.946. The van der Waals surface area contributed by atoms with Gasteiger partial charge in [-0.3, -0.25) is 14.5 Å². The zero-order valence-electron chi connectivity index (χ0n) is 25.1. The van der Waals surface area contributed by atoms with Gasteiger partial charge in [0, 0.05) is 31.7 Å². The molecule has 45 heavy (non-hydrogen) atoms. The molecule has 3 aliphatic rings. The van der Waals surface area contributed by atoms with Crippen molar-refractivity contribution in [3.63, 3.8) is 0 Å². The molecular weight excluding hydrogens is 604 g/mol. The number of alkyl halides is 6. The number of nitrogens with one attached hydrogen (secondary N) is 1. The fourth-order valence-corrected chi connectivity index (χ4v) is 7.14. The van der Waals surface area contributed by atoms with E-state index in [1.165, 1.54) is 40.1 Å². The topological polar surface area (TPSA) is 90.7 Å². The van der Waals surface area contributed by atoms with Crippen LogP contribution in [0.5, 0.6) is 0 Å². The summed E-state index contributed by atoms with van der Waals surface area (Å²) < 4.78 is 85.7. The number of benzene rings is 1. The van der Waals surface area contributed by atoms with Crippen molar-refractivity contribution in [3.8, 4) is 5.69 Å². The Morgan fingerprint density at radius 2 is 1.64 bits per heavy atom. The number of rotatable bonds is 8. The van der Waals surface area contributed by atoms with Crippen molar-refractivity contribution in [1.82, 2.24) is 24.9 Å². The first-order chi connectivity index (χ1) is 21.3. The lowest BCUT2D eigenvalue weighted by Gasteiger charge is -2.52. The van der Waals surface area contributed by atoms with E-state index in [1.54, 1.807) is 0 Å². The van der Waals surface area contributed by atoms with E-state index in [-0.39, 0.29) is 44.1 Å². The molecule has 5 rings (SSSR count). The molecule has 1 aromatic heterocycles. The molecule has 2 atom stereocenters. The van der Waals surface area contributed by atoms with Gasteiger partial charge in [-0.05, 0) is 50.2 Å². The van der Waals surface area contributed by atoms with Crippen LogP contribution in [0, 0.1) is 5.92 Å². The molecule has 0 radical (unpaired) electrons. The third-order valence-electron chi connectivity index (χ3n) is 9.55. The number of carbonyl (C=O) groups is 2. The second kappa shape index (κ2) is 12.9. The number of amides is 2. The average Bonchev–Trinajstić information content (AvgIpc) is 3.41. The third kappa shape index (κ3) is 6.58. The van der Waals surface area contributed by atoms with Gasteiger partial charge in [-0.25, -0.2) is 4.68 Å². The SMILES string of the molecule is CCCCN1C(=O)[C@@H]([C@H](O)C2CCCCC2)NC(=O)C12CCN(Cc1c(C(F)(F)F)nn(-c3ccccc3)c1C(F)(F)F)CC2. The molecule has 1 spiro atoms. The standard InChI is InChI=1S/C31H39F6N5O3/c1-2-3-16-41-27(44)23(24(43)20-10-6-4-7-11-20)38-28(45)29(41)14-17-40(18-15-29)19-22-25(30(32,33)34)39-42(26(22)31(35,36)37)21-12-8-5-9-13-21/h5,8-9,12-13,20,23-24,43H,2-4,6-7,10-11,14-19H2,1H3,(H,38,45)/t23-,24-/m1/s1. The average molecular weight is 644 g/mol. The van der Waals surface area contributed by atoms with Gasteiger partial charge in [-0.2, -0.15) is 31.4 Å². The molecule has 14 heteroatoms. The van der Waals surface area contributed by atoms with Crippen LogP contribution in [0.25, 0.3) is 5.69 Å². The number of nitrogens with zero attached hydrogens (tertiary/aromatic N) is 4. The summed E-state index contributed by atoms with van der Waals surface area (Å²) >= 11 is 0. The Labute approximate surface area is 257 Å². The summed E-state index contributed by atoms with van der Waals surface area (Å²) in [6.45, 7) is 1.45. The summed E-state index contributed by atoms with van der Waals surface area (Å²) in [5, 5.41) is 17.3. The fourth-order valence-electron chi connectivity index (χ4n) is 7.14. The van der Waals surface area contributed by atoms with Crippen LogP contribution in [0.4, 0.5) is 26.3 Å². The molecule has 3 heterocycles. The normalized spacial score (nSPS) is 22.6. The van der Waals surface area contributed by atoms with Crippen LogP contribution in [0.15, 0.2) is 30.3 Å². The van der Waals surface area contributed by atoms with E-state index in [2.05, 4.69) is 10.4 Å². The summed E-state index contributed by atoms with van der Waals surface area (Å²) in [6, 6.07) is 5.76. The first kappa shape index (κ1) is 33.2. The van der Waals surface area contributed by atoms with E-state index < -0.39 is 65.3 Å². The van der Waals surface area contributed by atoms with Gasteiger partial charge in [0.2, 0.25) is 11.8 Å². The summed E-state index contributed by atoms with van der Waals surface area (Å²) in [5.41, 5.74) is -5.57. The number of halogens is 6. The Kier molecular flexibility index (Phi) is 9.55. The minimum atomic E-state index is -5.15. The van der Waals surface area contributed by atoms with Gasteiger partial charge in [0.25, 0.3) is 0 Å². The molecule has 0 unspecified atom stereocenters. The van der Waals surface area contributed by atoms with Crippen LogP contribution in [0.2, 0.25) is 0 Å². The number of piperidine rings is 1. The van der Waals surface area contributed by atoms with Gasteiger partial charge in [0.05, 0.1) is 11.8 Å². The Hall–Kier alpha value is -3.13. The maximum atomic E-state index is 14.4. The van der Waals surface area contributed by atoms with Gasteiger partial charge >= 0.3 is 12.4 Å². The first-order valence-electron chi connectivity index (χ1n) is 15.6. The summed E-state index contributed by atoms with van der Waals surface area (Å²) in [7, 11) is 0. The number of aliphatic hydroxyl groups is 1. The number of likely N-dealkylation sites (tertiary alicyclic amines) is 1. The number of aliphatic hydroxyl groups excluding tert-OH is 1. The molecule has 0 bridgehead atoms. The van der Waals surface area contributed by atoms with Crippen LogP contribution in [-0.4, -0.2) is 73.8 Å². The maximum Gasteiger partial charge on any atom is 0.435 e. The molecule has 2 aliphatic heterocycles. The van der Waals surface area contributed by atoms with Crippen molar-refractivity contribution in [2.24, 2.45) is 5.92 Å². The van der Waals surface area contributed by atoms with Crippen molar-refractivity contribution in [1.29, 1.82) is 0 Å². The zero-order valence-corrected chi connectivity index (χ0v) is 25.1. The Morgan fingerprint density at radius 1 is 1.00 bits per heavy atom. The molecule has 2 aromatic rings. The third-order valence-corrected chi connectivity index (χ3v) is 9.55. The van der Waals surface area contributed by atoms with Crippen molar-refractivity contribution in [3.05, 3.63) is 47.3 Å². The van der Waals surface area contributed by atoms with E-state index in [9.17, 15) is 41.0 Å². The number of carbonyl (C=O) groups excluding carboxylic acids is 2. The minimum Gasteiger partial charge on any atom is -0.390 e. The number of unbranched alkanes of at least 4 members (excludes halogenated alkanes) is 1. The van der Waals surface area contributed by atoms with E-state index in [1.807, 2.05) is 6.92 Å². The maximum absolute atomic E-state index is 14.4. The highest BCUT2D eigenvalue weighted by Crippen LogP contribution is 2.42. The lowest BCUT2D eigenvalue weighted by molar-refractivity contribution is -0.166. The van der Waals surface area contributed by atoms with Crippen molar-refractivity contribution in [2.45, 2.75) is 101 Å². The van der Waals surface area contributed by atoms with E-state index in [0.717, 1.165) is 38.5 Å². The summed E-state index contributed by atoms with van der Waals surface area (Å²) in [6.07, 6.45) is -5.50. The molecule has 8 nitrogen and oxygen atoms in total. The zero-order chi connectivity index (χ0) is 32.6. The van der Waals surface area contributed by atoms with E-state index in [4.69, 9.17) is 0 Å². The molecular formula is C31H39F6N5O3. The largest absolute Gasteiger partial charge is 0.435 e. The lowest BCUT2D eigenvalue weighted by Crippen LogP contribution is -2.75. The molecule has 2 saturated heterocycles. The number of piperazine rings is 1. The molecule has 1 saturated carbocycles. The van der Waals surface area contributed by atoms with E-state index in [0.29, 0.717) is 11.1 Å². The first-order valence-corrected chi connectivity index (χ1v) is 15.6. The van der Waals surface area contributed by atoms with Gasteiger partial charge < -0.3 is 15.3 Å². The number of para-hydroxylation sites is 1. The second-order valence-corrected chi connectivity index (χ2v) is 12.4. The molecule has 3 fully saturated rings. The smallest absolute Gasteiger partial charge is 0.390 e. The Balaban J connectivity index is 1.41. The van der Waals surface area contributed by atoms with Crippen LogP contribution in [-0.2, 0) is 28.5 Å². The highest BCUT2D eigenvalue weighted by atomic mass is 19.4. The second-order valence-electron chi connectivity index (χ2n) is 12.4. The van der Waals surface area contributed by atoms with Crippen molar-refractivity contribution in [2.75, 3.05) is 19.6 Å². The Morgan fingerprint density at radius 3 is 2.22 bits per heavy atom. The minimum absolute atomic E-state index is 0.0235. The predicted molar refractivity (Wildman–Crippen MR) is 152 cm³/mol. The van der Waals surface area contributed by atoms with Crippen LogP contribution < -0.4 is 5.32 Å². The molecule has 1 aliphatic carbocycles. The van der Waals surface area contributed by atoms with Crippen LogP contribution >= 0.6 is 0 Å². The van der Waals surface area contributed by atoms with Gasteiger partial charge in [-0.1, -0.05) is 50.8 Å². The van der Waals surface area contributed by atoms with E-state index >= 15 is 0 Å². The Bertz CT molecular complexity index is 1350.